The summed E-state index contributed by atoms with van der Waals surface area (Å²) in [5.41, 5.74) is 3.54. The first-order valence-electron chi connectivity index (χ1n) is 9.02. The first-order chi connectivity index (χ1) is 13.4. The van der Waals surface area contributed by atoms with Crippen LogP contribution in [0.1, 0.15) is 17.5 Å². The van der Waals surface area contributed by atoms with Gasteiger partial charge in [-0.15, -0.1) is 0 Å². The van der Waals surface area contributed by atoms with Gasteiger partial charge in [-0.1, -0.05) is 6.07 Å². The highest BCUT2D eigenvalue weighted by atomic mass is 32.2. The minimum Gasteiger partial charge on any atom is -0.506 e. The Bertz CT molecular complexity index is 1190. The molecule has 146 valence electrons. The lowest BCUT2D eigenvalue weighted by atomic mass is 10.1. The third-order valence-electron chi connectivity index (χ3n) is 4.90. The van der Waals surface area contributed by atoms with Gasteiger partial charge >= 0.3 is 0 Å². The minimum absolute atomic E-state index is 0.143. The molecule has 0 aliphatic carbocycles. The monoisotopic (exact) mass is 398 g/mol. The van der Waals surface area contributed by atoms with Crippen molar-refractivity contribution in [3.63, 3.8) is 0 Å². The number of hydrogen-bond acceptors (Lipinski definition) is 7. The zero-order chi connectivity index (χ0) is 19.9. The molecule has 1 aliphatic rings. The summed E-state index contributed by atoms with van der Waals surface area (Å²) in [7, 11) is -0.603. The van der Waals surface area contributed by atoms with Gasteiger partial charge in [-0.05, 0) is 44.0 Å². The van der Waals surface area contributed by atoms with E-state index in [4.69, 9.17) is 4.74 Å². The maximum absolute atomic E-state index is 12.6. The number of ether oxygens (including phenoxy) is 1. The van der Waals surface area contributed by atoms with Gasteiger partial charge in [0.05, 0.1) is 28.0 Å². The molecule has 4 rings (SSSR count). The molecule has 8 heteroatoms. The lowest BCUT2D eigenvalue weighted by Gasteiger charge is -2.20. The Balaban J connectivity index is 1.88. The quantitative estimate of drug-likeness (QED) is 0.639. The summed E-state index contributed by atoms with van der Waals surface area (Å²) in [5.74, 6) is 2.50. The second-order valence-corrected chi connectivity index (χ2v) is 9.49. The number of phenols is 1. The Morgan fingerprint density at radius 1 is 1.21 bits per heavy atom. The molecule has 3 aromatic rings. The van der Waals surface area contributed by atoms with Gasteiger partial charge in [0.25, 0.3) is 0 Å². The van der Waals surface area contributed by atoms with E-state index in [1.54, 1.807) is 25.3 Å². The van der Waals surface area contributed by atoms with Gasteiger partial charge < -0.3 is 15.2 Å². The molecule has 0 saturated carbocycles. The van der Waals surface area contributed by atoms with Crippen molar-refractivity contribution in [1.82, 2.24) is 9.97 Å². The molecule has 0 spiro atoms. The van der Waals surface area contributed by atoms with Gasteiger partial charge in [0.2, 0.25) is 0 Å². The van der Waals surface area contributed by atoms with E-state index >= 15 is 0 Å². The van der Waals surface area contributed by atoms with Crippen LogP contribution >= 0.6 is 0 Å². The maximum Gasteiger partial charge on any atom is 0.149 e. The summed E-state index contributed by atoms with van der Waals surface area (Å²) in [6.07, 6.45) is 2.39. The maximum atomic E-state index is 12.6. The molecule has 0 amide bonds. The molecule has 2 heterocycles. The Morgan fingerprint density at radius 2 is 2.00 bits per heavy atom. The lowest BCUT2D eigenvalue weighted by Crippen LogP contribution is -2.23. The number of aromatic nitrogens is 2. The topological polar surface area (TPSA) is 96.7 Å². The normalized spacial score (nSPS) is 15.1. The van der Waals surface area contributed by atoms with E-state index < -0.39 is 9.73 Å². The molecule has 0 radical (unpaired) electrons. The predicted molar refractivity (Wildman–Crippen MR) is 112 cm³/mol. The number of hydrogen-bond donors (Lipinski definition) is 2. The van der Waals surface area contributed by atoms with E-state index in [-0.39, 0.29) is 5.75 Å². The van der Waals surface area contributed by atoms with Crippen molar-refractivity contribution in [3.05, 3.63) is 41.7 Å². The average Bonchev–Trinajstić information content (AvgIpc) is 2.63. The van der Waals surface area contributed by atoms with Crippen molar-refractivity contribution in [1.29, 1.82) is 0 Å². The van der Waals surface area contributed by atoms with Crippen LogP contribution in [-0.4, -0.2) is 37.9 Å². The third-order valence-corrected chi connectivity index (χ3v) is 7.28. The largest absolute Gasteiger partial charge is 0.506 e. The number of rotatable bonds is 4. The van der Waals surface area contributed by atoms with Gasteiger partial charge in [-0.25, -0.2) is 14.2 Å². The lowest BCUT2D eigenvalue weighted by molar-refractivity contribution is 0.414. The van der Waals surface area contributed by atoms with Crippen LogP contribution in [-0.2, 0) is 9.73 Å². The van der Waals surface area contributed by atoms with Gasteiger partial charge in [0, 0.05) is 22.5 Å². The van der Waals surface area contributed by atoms with Gasteiger partial charge in [0.15, 0.2) is 0 Å². The molecule has 0 unspecified atom stereocenters. The second-order valence-electron chi connectivity index (χ2n) is 6.94. The standard InChI is InChI=1S/C20H22N4O3S/c1-12-5-6-14(17(25)9-12)23-20-18-13(2)19(27-3)16(10-15(18)21-11-22-20)24-28(26)7-4-8-28/h5-6,9-11,25H,4,7-8H2,1-3H3,(H,21,22,23). The molecular formula is C20H22N4O3S. The highest BCUT2D eigenvalue weighted by molar-refractivity contribution is 7.95. The van der Waals surface area contributed by atoms with E-state index in [9.17, 15) is 9.32 Å². The molecule has 1 aromatic heterocycles. The molecule has 7 nitrogen and oxygen atoms in total. The van der Waals surface area contributed by atoms with Crippen molar-refractivity contribution < 1.29 is 14.1 Å². The summed E-state index contributed by atoms with van der Waals surface area (Å²) >= 11 is 0. The number of benzene rings is 2. The zero-order valence-corrected chi connectivity index (χ0v) is 16.8. The third kappa shape index (κ3) is 3.24. The second kappa shape index (κ2) is 6.94. The zero-order valence-electron chi connectivity index (χ0n) is 16.0. The summed E-state index contributed by atoms with van der Waals surface area (Å²) < 4.78 is 22.7. The van der Waals surface area contributed by atoms with Crippen LogP contribution in [0, 0.1) is 13.8 Å². The van der Waals surface area contributed by atoms with Crippen molar-refractivity contribution >= 4 is 37.8 Å². The smallest absolute Gasteiger partial charge is 0.149 e. The fraction of sp³-hybridized carbons (Fsp3) is 0.300. The van der Waals surface area contributed by atoms with Gasteiger partial charge in [-0.3, -0.25) is 0 Å². The van der Waals surface area contributed by atoms with Crippen molar-refractivity contribution in [2.75, 3.05) is 23.9 Å². The first-order valence-corrected chi connectivity index (χ1v) is 10.9. The first kappa shape index (κ1) is 18.5. The molecular weight excluding hydrogens is 376 g/mol. The Labute approximate surface area is 164 Å². The fourth-order valence-corrected chi connectivity index (χ4v) is 4.80. The molecule has 0 bridgehead atoms. The van der Waals surface area contributed by atoms with E-state index in [1.807, 2.05) is 19.9 Å². The number of anilines is 2. The predicted octanol–water partition coefficient (Wildman–Crippen LogP) is 4.21. The van der Waals surface area contributed by atoms with E-state index in [2.05, 4.69) is 19.6 Å². The SMILES string of the molecule is COc1c(N=S2(=O)CCC2)cc2ncnc(Nc3ccc(C)cc3O)c2c1C. The van der Waals surface area contributed by atoms with Crippen LogP contribution in [0.5, 0.6) is 11.5 Å². The molecule has 2 N–H and O–H groups in total. The van der Waals surface area contributed by atoms with E-state index in [0.717, 1.165) is 22.9 Å². The van der Waals surface area contributed by atoms with E-state index in [0.29, 0.717) is 40.0 Å². The van der Waals surface area contributed by atoms with Gasteiger partial charge in [0.1, 0.15) is 29.3 Å². The molecule has 1 saturated heterocycles. The van der Waals surface area contributed by atoms with Crippen LogP contribution in [0.25, 0.3) is 10.9 Å². The van der Waals surface area contributed by atoms with E-state index in [1.165, 1.54) is 6.33 Å². The van der Waals surface area contributed by atoms with Crippen LogP contribution in [0.15, 0.2) is 35.0 Å². The van der Waals surface area contributed by atoms with Crippen molar-refractivity contribution in [2.45, 2.75) is 20.3 Å². The summed E-state index contributed by atoms with van der Waals surface area (Å²) in [5, 5.41) is 14.2. The number of methoxy groups -OCH3 is 1. The molecule has 1 aliphatic heterocycles. The van der Waals surface area contributed by atoms with Crippen LogP contribution < -0.4 is 10.1 Å². The number of phenolic OH excluding ortho intramolecular Hbond substituents is 1. The minimum atomic E-state index is -2.18. The highest BCUT2D eigenvalue weighted by Crippen LogP contribution is 2.41. The number of fused-ring (bicyclic) bond motifs is 1. The van der Waals surface area contributed by atoms with Gasteiger partial charge in [-0.2, -0.15) is 4.36 Å². The molecule has 28 heavy (non-hydrogen) atoms. The summed E-state index contributed by atoms with van der Waals surface area (Å²) in [6.45, 7) is 3.81. The van der Waals surface area contributed by atoms with Crippen LogP contribution in [0.4, 0.5) is 17.2 Å². The summed E-state index contributed by atoms with van der Waals surface area (Å²) in [4.78, 5) is 8.73. The fourth-order valence-electron chi connectivity index (χ4n) is 3.34. The highest BCUT2D eigenvalue weighted by Gasteiger charge is 2.22. The van der Waals surface area contributed by atoms with Crippen molar-refractivity contribution in [3.8, 4) is 11.5 Å². The number of aryl methyl sites for hydroxylation is 2. The summed E-state index contributed by atoms with van der Waals surface area (Å²) in [6, 6.07) is 7.18. The Hall–Kier alpha value is -2.87. The number of aromatic hydroxyl groups is 1. The van der Waals surface area contributed by atoms with Crippen LogP contribution in [0.3, 0.4) is 0 Å². The Kier molecular flexibility index (Phi) is 4.58. The number of nitrogens with zero attached hydrogens (tertiary/aromatic N) is 3. The molecule has 1 fully saturated rings. The Morgan fingerprint density at radius 3 is 2.64 bits per heavy atom. The van der Waals surface area contributed by atoms with Crippen molar-refractivity contribution in [2.24, 2.45) is 4.36 Å². The van der Waals surface area contributed by atoms with Crippen LogP contribution in [0.2, 0.25) is 0 Å². The molecule has 2 aromatic carbocycles. The number of nitrogens with one attached hydrogen (secondary N) is 1. The molecule has 0 atom stereocenters. The average molecular weight is 398 g/mol.